The summed E-state index contributed by atoms with van der Waals surface area (Å²) in [6, 6.07) is 7.39. The first kappa shape index (κ1) is 25.0. The van der Waals surface area contributed by atoms with Gasteiger partial charge in [-0.05, 0) is 51.8 Å². The van der Waals surface area contributed by atoms with Crippen molar-refractivity contribution in [3.8, 4) is 0 Å². The second-order valence-corrected chi connectivity index (χ2v) is 7.80. The van der Waals surface area contributed by atoms with Crippen LogP contribution in [0.25, 0.3) is 0 Å². The number of rotatable bonds is 7. The molecule has 0 aliphatic heterocycles. The van der Waals surface area contributed by atoms with E-state index in [2.05, 4.69) is 4.98 Å². The minimum atomic E-state index is -0.632. The number of nitrogens with two attached hydrogens (primary N) is 1. The van der Waals surface area contributed by atoms with Gasteiger partial charge in [-0.2, -0.15) is 0 Å². The molecule has 3 N–H and O–H groups in total. The van der Waals surface area contributed by atoms with E-state index in [4.69, 9.17) is 21.1 Å². The third-order valence-electron chi connectivity index (χ3n) is 4.03. The molecule has 0 fully saturated rings. The van der Waals surface area contributed by atoms with Gasteiger partial charge in [-0.3, -0.25) is 0 Å². The maximum atomic E-state index is 12.7. The zero-order valence-corrected chi connectivity index (χ0v) is 18.9. The van der Waals surface area contributed by atoms with Gasteiger partial charge in [0, 0.05) is 17.2 Å². The number of halogens is 2. The molecule has 160 valence electrons. The van der Waals surface area contributed by atoms with E-state index in [0.717, 1.165) is 5.69 Å². The van der Waals surface area contributed by atoms with Crippen LogP contribution in [0.4, 0.5) is 5.69 Å². The van der Waals surface area contributed by atoms with Crippen LogP contribution in [-0.2, 0) is 22.4 Å². The van der Waals surface area contributed by atoms with Crippen LogP contribution in [0.3, 0.4) is 0 Å². The highest BCUT2D eigenvalue weighted by Gasteiger charge is 2.29. The fourth-order valence-electron chi connectivity index (χ4n) is 2.87. The summed E-state index contributed by atoms with van der Waals surface area (Å²) >= 11 is 5.93. The number of carbonyl (C=O) groups is 2. The quantitative estimate of drug-likeness (QED) is 0.489. The molecule has 0 spiro atoms. The molecule has 2 rings (SSSR count). The first-order valence-electron chi connectivity index (χ1n) is 9.39. The topological polar surface area (TPSA) is 85.0 Å². The van der Waals surface area contributed by atoms with E-state index in [0.29, 0.717) is 40.5 Å². The monoisotopic (exact) mass is 442 g/mol. The average molecular weight is 443 g/mol. The molecule has 0 unspecified atom stereocenters. The van der Waals surface area contributed by atoms with Gasteiger partial charge in [0.2, 0.25) is 0 Å². The number of carbonyl (C=O) groups excluding carboxylic acids is 2. The zero-order chi connectivity index (χ0) is 20.9. The van der Waals surface area contributed by atoms with Crippen LogP contribution in [0.2, 0.25) is 5.02 Å². The van der Waals surface area contributed by atoms with Crippen molar-refractivity contribution in [2.45, 2.75) is 53.2 Å². The predicted molar refractivity (Wildman–Crippen MR) is 108 cm³/mol. The second kappa shape index (κ2) is 10.7. The first-order chi connectivity index (χ1) is 13.2. The van der Waals surface area contributed by atoms with E-state index in [1.165, 1.54) is 0 Å². The molecule has 0 atom stereocenters. The van der Waals surface area contributed by atoms with Crippen molar-refractivity contribution >= 4 is 29.2 Å². The van der Waals surface area contributed by atoms with Crippen LogP contribution < -0.4 is 17.7 Å². The van der Waals surface area contributed by atoms with Crippen LogP contribution in [0.5, 0.6) is 0 Å². The SMILES string of the molecule is CCOC(=O)c1c(C[NH2+]c2ccc(Cl)cc2)[nH]c(C(=O)OC(C)(C)C)c1CC.[Cl-]. The Kier molecular flexibility index (Phi) is 9.20. The Labute approximate surface area is 182 Å². The van der Waals surface area contributed by atoms with Crippen LogP contribution in [-0.4, -0.2) is 29.1 Å². The maximum Gasteiger partial charge on any atom is 0.355 e. The molecule has 1 heterocycles. The number of nitrogens with one attached hydrogen (secondary N) is 1. The van der Waals surface area contributed by atoms with Crippen LogP contribution in [0.15, 0.2) is 24.3 Å². The molecule has 0 radical (unpaired) electrons. The van der Waals surface area contributed by atoms with E-state index in [1.54, 1.807) is 39.8 Å². The second-order valence-electron chi connectivity index (χ2n) is 7.37. The van der Waals surface area contributed by atoms with Gasteiger partial charge in [-0.15, -0.1) is 0 Å². The molecule has 0 aliphatic rings. The number of H-pyrrole nitrogens is 1. The summed E-state index contributed by atoms with van der Waals surface area (Å²) in [5, 5.41) is 2.62. The third-order valence-corrected chi connectivity index (χ3v) is 4.28. The fourth-order valence-corrected chi connectivity index (χ4v) is 3.00. The van der Waals surface area contributed by atoms with Crippen molar-refractivity contribution in [1.82, 2.24) is 4.98 Å². The number of esters is 2. The highest BCUT2D eigenvalue weighted by atomic mass is 35.5. The Hall–Kier alpha value is -2.02. The highest BCUT2D eigenvalue weighted by molar-refractivity contribution is 6.30. The normalized spacial score (nSPS) is 11.0. The fraction of sp³-hybridized carbons (Fsp3) is 0.429. The molecule has 1 aromatic carbocycles. The summed E-state index contributed by atoms with van der Waals surface area (Å²) in [5.74, 6) is -0.919. The molecule has 0 aliphatic carbocycles. The highest BCUT2D eigenvalue weighted by Crippen LogP contribution is 2.24. The van der Waals surface area contributed by atoms with Crippen molar-refractivity contribution in [2.75, 3.05) is 6.61 Å². The minimum absolute atomic E-state index is 0. The number of benzene rings is 1. The Morgan fingerprint density at radius 1 is 1.10 bits per heavy atom. The number of ether oxygens (including phenoxy) is 2. The summed E-state index contributed by atoms with van der Waals surface area (Å²) < 4.78 is 10.7. The summed E-state index contributed by atoms with van der Waals surface area (Å²) in [4.78, 5) is 28.4. The molecule has 0 saturated heterocycles. The van der Waals surface area contributed by atoms with E-state index in [-0.39, 0.29) is 19.0 Å². The zero-order valence-electron chi connectivity index (χ0n) is 17.4. The predicted octanol–water partition coefficient (Wildman–Crippen LogP) is 0.762. The van der Waals surface area contributed by atoms with Gasteiger partial charge in [-0.1, -0.05) is 18.5 Å². The maximum absolute atomic E-state index is 12.7. The number of hydrogen-bond acceptors (Lipinski definition) is 4. The number of aromatic amines is 1. The van der Waals surface area contributed by atoms with E-state index in [1.807, 2.05) is 24.4 Å². The number of aromatic nitrogens is 1. The molecular weight excluding hydrogens is 415 g/mol. The molecule has 6 nitrogen and oxygen atoms in total. The van der Waals surface area contributed by atoms with Crippen molar-refractivity contribution in [1.29, 1.82) is 0 Å². The lowest BCUT2D eigenvalue weighted by Crippen LogP contribution is -3.00. The Balaban J connectivity index is 0.00000420. The molecule has 8 heteroatoms. The van der Waals surface area contributed by atoms with Crippen LogP contribution in [0.1, 0.15) is 66.7 Å². The van der Waals surface area contributed by atoms with Gasteiger partial charge in [0.15, 0.2) is 0 Å². The lowest BCUT2D eigenvalue weighted by atomic mass is 10.1. The largest absolute Gasteiger partial charge is 1.00 e. The summed E-state index contributed by atoms with van der Waals surface area (Å²) in [6.07, 6.45) is 0.500. The van der Waals surface area contributed by atoms with Gasteiger partial charge in [-0.25, -0.2) is 9.59 Å². The van der Waals surface area contributed by atoms with Crippen molar-refractivity contribution in [2.24, 2.45) is 0 Å². The van der Waals surface area contributed by atoms with Gasteiger partial charge < -0.3 is 32.2 Å². The van der Waals surface area contributed by atoms with Crippen molar-refractivity contribution < 1.29 is 36.8 Å². The van der Waals surface area contributed by atoms with Gasteiger partial charge in [0.25, 0.3) is 0 Å². The van der Waals surface area contributed by atoms with E-state index >= 15 is 0 Å². The van der Waals surface area contributed by atoms with Crippen molar-refractivity contribution in [3.63, 3.8) is 0 Å². The molecule has 0 bridgehead atoms. The lowest BCUT2D eigenvalue weighted by Gasteiger charge is -2.19. The van der Waals surface area contributed by atoms with Crippen molar-refractivity contribution in [3.05, 3.63) is 51.8 Å². The van der Waals surface area contributed by atoms with Crippen LogP contribution >= 0.6 is 11.6 Å². The lowest BCUT2D eigenvalue weighted by molar-refractivity contribution is -0.589. The van der Waals surface area contributed by atoms with Gasteiger partial charge in [0.05, 0.1) is 17.9 Å². The Morgan fingerprint density at radius 2 is 1.72 bits per heavy atom. The number of hydrogen-bond donors (Lipinski definition) is 2. The summed E-state index contributed by atoms with van der Waals surface area (Å²) in [7, 11) is 0. The minimum Gasteiger partial charge on any atom is -1.00 e. The third kappa shape index (κ3) is 6.77. The molecule has 1 aromatic heterocycles. The average Bonchev–Trinajstić information content (AvgIpc) is 2.99. The Morgan fingerprint density at radius 3 is 2.24 bits per heavy atom. The van der Waals surface area contributed by atoms with E-state index < -0.39 is 17.5 Å². The standard InChI is InChI=1S/C21H27ClN2O4.ClH/c1-6-15-17(19(25)27-7-2)16(12-23-14-10-8-13(22)9-11-14)24-18(15)20(26)28-21(3,4)5;/h8-11,23-24H,6-7,12H2,1-5H3;1H. The molecule has 0 saturated carbocycles. The molecule has 29 heavy (non-hydrogen) atoms. The molecular formula is C21H28Cl2N2O4. The van der Waals surface area contributed by atoms with Crippen LogP contribution in [0, 0.1) is 0 Å². The van der Waals surface area contributed by atoms with E-state index in [9.17, 15) is 9.59 Å². The summed E-state index contributed by atoms with van der Waals surface area (Å²) in [5.41, 5.74) is 2.30. The summed E-state index contributed by atoms with van der Waals surface area (Å²) in [6.45, 7) is 9.76. The Bertz CT molecular complexity index is 840. The first-order valence-corrected chi connectivity index (χ1v) is 9.77. The molecule has 2 aromatic rings. The van der Waals surface area contributed by atoms with Gasteiger partial charge >= 0.3 is 11.9 Å². The smallest absolute Gasteiger partial charge is 0.355 e. The molecule has 0 amide bonds. The number of quaternary nitrogens is 1. The van der Waals surface area contributed by atoms with Gasteiger partial charge in [0.1, 0.15) is 23.5 Å².